The maximum Gasteiger partial charge on any atom is 0.200 e. The third-order valence-electron chi connectivity index (χ3n) is 5.36. The molecular formula is C24H30O5. The van der Waals surface area contributed by atoms with Gasteiger partial charge >= 0.3 is 0 Å². The lowest BCUT2D eigenvalue weighted by Crippen LogP contribution is -2.08. The van der Waals surface area contributed by atoms with Crippen LogP contribution in [0.3, 0.4) is 0 Å². The predicted octanol–water partition coefficient (Wildman–Crippen LogP) is 5.54. The Hall–Kier alpha value is -2.69. The summed E-state index contributed by atoms with van der Waals surface area (Å²) in [6.45, 7) is 8.47. The van der Waals surface area contributed by atoms with Crippen molar-refractivity contribution in [3.63, 3.8) is 0 Å². The van der Waals surface area contributed by atoms with Crippen LogP contribution in [-0.4, -0.2) is 17.3 Å². The van der Waals surface area contributed by atoms with Crippen molar-refractivity contribution in [2.45, 2.75) is 53.4 Å². The molecule has 3 rings (SSSR count). The molecule has 5 heteroatoms. The molecule has 0 saturated carbocycles. The van der Waals surface area contributed by atoms with Crippen LogP contribution in [-0.2, 0) is 12.8 Å². The smallest absolute Gasteiger partial charge is 0.200 e. The van der Waals surface area contributed by atoms with Crippen LogP contribution in [0.4, 0.5) is 0 Å². The number of fused-ring (bicyclic) bond motifs is 2. The van der Waals surface area contributed by atoms with Crippen LogP contribution >= 0.6 is 0 Å². The van der Waals surface area contributed by atoms with Gasteiger partial charge in [-0.2, -0.15) is 0 Å². The number of hydrogen-bond donors (Lipinski definition) is 2. The summed E-state index contributed by atoms with van der Waals surface area (Å²) in [4.78, 5) is 13.5. The second kappa shape index (κ2) is 8.36. The van der Waals surface area contributed by atoms with Gasteiger partial charge in [-0.15, -0.1) is 0 Å². The Morgan fingerprint density at radius 3 is 2.17 bits per heavy atom. The topological polar surface area (TPSA) is 79.9 Å². The fourth-order valence-electron chi connectivity index (χ4n) is 3.68. The number of ether oxygens (including phenoxy) is 1. The number of phenols is 2. The Morgan fingerprint density at radius 2 is 1.55 bits per heavy atom. The van der Waals surface area contributed by atoms with Crippen molar-refractivity contribution in [3.8, 4) is 17.2 Å². The molecule has 3 aromatic rings. The predicted molar refractivity (Wildman–Crippen MR) is 116 cm³/mol. The molecule has 2 N–H and O–H groups in total. The Labute approximate surface area is 170 Å². The van der Waals surface area contributed by atoms with Gasteiger partial charge < -0.3 is 19.4 Å². The molecule has 1 heterocycles. The summed E-state index contributed by atoms with van der Waals surface area (Å²) >= 11 is 0. The standard InChI is InChI=1S/C24H30O5/c1-13(2)6-8-15-10-17-20(11-18(15)25)29-21-12-19(26)24(28-5)16(9-7-14(3)4)22(21)23(17)27/h10-14,25-26H,6-9H2,1-5H3. The highest BCUT2D eigenvalue weighted by atomic mass is 16.5. The first kappa shape index (κ1) is 21.0. The van der Waals surface area contributed by atoms with Gasteiger partial charge in [0, 0.05) is 17.7 Å². The average molecular weight is 398 g/mol. The lowest BCUT2D eigenvalue weighted by molar-refractivity contribution is 0.368. The molecule has 0 bridgehead atoms. The van der Waals surface area contributed by atoms with Crippen molar-refractivity contribution in [2.75, 3.05) is 7.11 Å². The lowest BCUT2D eigenvalue weighted by Gasteiger charge is -2.15. The van der Waals surface area contributed by atoms with E-state index in [1.54, 1.807) is 6.07 Å². The number of hydrogen-bond acceptors (Lipinski definition) is 5. The molecule has 0 aliphatic heterocycles. The third kappa shape index (κ3) is 4.19. The highest BCUT2D eigenvalue weighted by Gasteiger charge is 2.21. The second-order valence-electron chi connectivity index (χ2n) is 8.55. The van der Waals surface area contributed by atoms with Gasteiger partial charge in [0.1, 0.15) is 16.9 Å². The third-order valence-corrected chi connectivity index (χ3v) is 5.36. The number of methoxy groups -OCH3 is 1. The maximum atomic E-state index is 13.5. The second-order valence-corrected chi connectivity index (χ2v) is 8.55. The summed E-state index contributed by atoms with van der Waals surface area (Å²) < 4.78 is 11.4. The van der Waals surface area contributed by atoms with Crippen molar-refractivity contribution in [1.82, 2.24) is 0 Å². The van der Waals surface area contributed by atoms with Crippen LogP contribution in [0.1, 0.15) is 51.7 Å². The molecule has 0 atom stereocenters. The zero-order valence-electron chi connectivity index (χ0n) is 17.8. The molecule has 0 amide bonds. The van der Waals surface area contributed by atoms with Crippen LogP contribution < -0.4 is 10.2 Å². The highest BCUT2D eigenvalue weighted by molar-refractivity contribution is 5.94. The Kier molecular flexibility index (Phi) is 6.06. The van der Waals surface area contributed by atoms with Crippen LogP contribution in [0, 0.1) is 11.8 Å². The number of aryl methyl sites for hydroxylation is 2. The first-order chi connectivity index (χ1) is 13.7. The van der Waals surface area contributed by atoms with E-state index >= 15 is 0 Å². The molecule has 0 fully saturated rings. The zero-order chi connectivity index (χ0) is 21.3. The molecule has 156 valence electrons. The Balaban J connectivity index is 2.29. The highest BCUT2D eigenvalue weighted by Crippen LogP contribution is 2.38. The monoisotopic (exact) mass is 398 g/mol. The maximum absolute atomic E-state index is 13.5. The number of rotatable bonds is 7. The number of benzene rings is 2. The largest absolute Gasteiger partial charge is 0.508 e. The van der Waals surface area contributed by atoms with Gasteiger partial charge in [-0.1, -0.05) is 27.7 Å². The van der Waals surface area contributed by atoms with Gasteiger partial charge in [-0.25, -0.2) is 0 Å². The molecule has 2 aromatic carbocycles. The van der Waals surface area contributed by atoms with E-state index in [1.807, 2.05) is 0 Å². The Bertz CT molecular complexity index is 1090. The summed E-state index contributed by atoms with van der Waals surface area (Å²) in [6.07, 6.45) is 3.05. The van der Waals surface area contributed by atoms with E-state index in [0.717, 1.165) is 18.4 Å². The van der Waals surface area contributed by atoms with Gasteiger partial charge in [-0.3, -0.25) is 4.79 Å². The SMILES string of the molecule is COc1c(O)cc2oc3cc(O)c(CCC(C)C)cc3c(=O)c2c1CCC(C)C. The van der Waals surface area contributed by atoms with Crippen LogP contribution in [0.15, 0.2) is 27.4 Å². The first-order valence-corrected chi connectivity index (χ1v) is 10.2. The molecule has 0 saturated heterocycles. The molecule has 5 nitrogen and oxygen atoms in total. The van der Waals surface area contributed by atoms with Gasteiger partial charge in [0.05, 0.1) is 17.9 Å². The molecule has 0 spiro atoms. The van der Waals surface area contributed by atoms with E-state index in [1.165, 1.54) is 19.2 Å². The molecule has 0 radical (unpaired) electrons. The molecule has 0 unspecified atom stereocenters. The van der Waals surface area contributed by atoms with Crippen molar-refractivity contribution in [1.29, 1.82) is 0 Å². The zero-order valence-corrected chi connectivity index (χ0v) is 17.8. The summed E-state index contributed by atoms with van der Waals surface area (Å²) in [5, 5.41) is 21.7. The molecule has 29 heavy (non-hydrogen) atoms. The average Bonchev–Trinajstić information content (AvgIpc) is 2.64. The lowest BCUT2D eigenvalue weighted by atomic mass is 9.96. The minimum absolute atomic E-state index is 0.0565. The number of aromatic hydroxyl groups is 2. The van der Waals surface area contributed by atoms with Crippen molar-refractivity contribution in [3.05, 3.63) is 39.5 Å². The molecule has 0 aliphatic rings. The van der Waals surface area contributed by atoms with E-state index in [2.05, 4.69) is 27.7 Å². The Morgan fingerprint density at radius 1 is 0.931 bits per heavy atom. The van der Waals surface area contributed by atoms with Gasteiger partial charge in [0.2, 0.25) is 5.43 Å². The van der Waals surface area contributed by atoms with Crippen LogP contribution in [0.25, 0.3) is 21.9 Å². The van der Waals surface area contributed by atoms with E-state index < -0.39 is 0 Å². The minimum atomic E-state index is -0.163. The first-order valence-electron chi connectivity index (χ1n) is 10.2. The normalized spacial score (nSPS) is 11.8. The van der Waals surface area contributed by atoms with Crippen molar-refractivity contribution < 1.29 is 19.4 Å². The van der Waals surface area contributed by atoms with Crippen LogP contribution in [0.2, 0.25) is 0 Å². The van der Waals surface area contributed by atoms with E-state index in [9.17, 15) is 15.0 Å². The van der Waals surface area contributed by atoms with Gasteiger partial charge in [0.25, 0.3) is 0 Å². The van der Waals surface area contributed by atoms with E-state index in [-0.39, 0.29) is 16.9 Å². The van der Waals surface area contributed by atoms with Crippen molar-refractivity contribution in [2.24, 2.45) is 11.8 Å². The minimum Gasteiger partial charge on any atom is -0.508 e. The van der Waals surface area contributed by atoms with Gasteiger partial charge in [0.15, 0.2) is 11.5 Å². The summed E-state index contributed by atoms with van der Waals surface area (Å²) in [5.41, 5.74) is 1.86. The summed E-state index contributed by atoms with van der Waals surface area (Å²) in [7, 11) is 1.49. The molecular weight excluding hydrogens is 368 g/mol. The molecule has 1 aromatic heterocycles. The molecule has 0 aliphatic carbocycles. The summed E-state index contributed by atoms with van der Waals surface area (Å²) in [5.74, 6) is 1.32. The van der Waals surface area contributed by atoms with E-state index in [4.69, 9.17) is 9.15 Å². The van der Waals surface area contributed by atoms with Gasteiger partial charge in [-0.05, 0) is 49.1 Å². The van der Waals surface area contributed by atoms with Crippen LogP contribution in [0.5, 0.6) is 17.2 Å². The fourth-order valence-corrected chi connectivity index (χ4v) is 3.68. The summed E-state index contributed by atoms with van der Waals surface area (Å²) in [6, 6.07) is 4.66. The fraction of sp³-hybridized carbons (Fsp3) is 0.458. The quantitative estimate of drug-likeness (QED) is 0.511. The van der Waals surface area contributed by atoms with E-state index in [0.29, 0.717) is 57.9 Å². The van der Waals surface area contributed by atoms with Crippen molar-refractivity contribution >= 4 is 21.9 Å². The number of phenolic OH excluding ortho intramolecular Hbond substituents is 2.